The lowest BCUT2D eigenvalue weighted by Gasteiger charge is -2.59. The molecule has 0 aromatic heterocycles. The lowest BCUT2D eigenvalue weighted by atomic mass is 9.55. The van der Waals surface area contributed by atoms with Crippen molar-refractivity contribution in [2.24, 2.45) is 22.9 Å². The number of hydrogen-bond acceptors (Lipinski definition) is 12. The minimum atomic E-state index is -1.55. The quantitative estimate of drug-likeness (QED) is 0.0160. The van der Waals surface area contributed by atoms with Crippen molar-refractivity contribution in [1.29, 1.82) is 0 Å². The number of aliphatic hydroxyl groups is 2. The molecule has 13 nitrogen and oxygen atoms in total. The van der Waals surface area contributed by atoms with Gasteiger partial charge in [0, 0.05) is 48.1 Å². The van der Waals surface area contributed by atoms with E-state index in [0.717, 1.165) is 58.1 Å². The van der Waals surface area contributed by atoms with Crippen molar-refractivity contribution in [3.8, 4) is 17.2 Å². The van der Waals surface area contributed by atoms with Crippen molar-refractivity contribution < 1.29 is 43.7 Å². The van der Waals surface area contributed by atoms with Crippen LogP contribution in [-0.4, -0.2) is 82.2 Å². The van der Waals surface area contributed by atoms with Gasteiger partial charge in [-0.25, -0.2) is 4.79 Å². The number of carbonyl (C=O) groups is 1. The van der Waals surface area contributed by atoms with Gasteiger partial charge in [0.1, 0.15) is 36.5 Å². The number of amides is 1. The number of alkyl halides is 1. The normalized spacial score (nSPS) is 21.7. The Morgan fingerprint density at radius 3 is 2.44 bits per heavy atom. The lowest BCUT2D eigenvalue weighted by Crippen LogP contribution is -2.70. The first-order chi connectivity index (χ1) is 34.2. The number of nitrogens with zero attached hydrogens (tertiary/aromatic N) is 3. The van der Waals surface area contributed by atoms with E-state index in [0.29, 0.717) is 41.4 Å². The van der Waals surface area contributed by atoms with E-state index in [1.165, 1.54) is 12.1 Å². The van der Waals surface area contributed by atoms with Gasteiger partial charge in [-0.05, 0) is 126 Å². The standard InChI is InChI=1S/C55H60ClN3O10S/c1-3-30-66-55-51(58(54(62)65-31-27-56)35-40-14-10-13-38-11-4-5-15-45(38)40)34-49(57-67-36-37-17-19-41(20-18-37)59(63)64)47-32-39(12-6-8-28-60)46(16-7-9-29-61)52(53(47)55)48-33-43(23-26-50(48)69-55)68-42-21-24-44(70-2)25-22-42/h3-5,10-11,13-15,17-26,32-33,39,46,51-53,60-61H,1,6-9,12,16,27-31,34-36H2,2H3/t39-,46+,51-,52+,53+,55+/m0/s1. The van der Waals surface area contributed by atoms with Gasteiger partial charge < -0.3 is 34.0 Å². The number of benzene rings is 5. The van der Waals surface area contributed by atoms with E-state index >= 15 is 0 Å². The zero-order valence-corrected chi connectivity index (χ0v) is 40.9. The summed E-state index contributed by atoms with van der Waals surface area (Å²) in [7, 11) is 0. The van der Waals surface area contributed by atoms with Gasteiger partial charge in [0.25, 0.3) is 5.69 Å². The van der Waals surface area contributed by atoms with Crippen molar-refractivity contribution >= 4 is 51.6 Å². The molecule has 1 heterocycles. The molecule has 1 aliphatic heterocycles. The second kappa shape index (κ2) is 23.8. The summed E-state index contributed by atoms with van der Waals surface area (Å²) in [5, 5.41) is 38.5. The van der Waals surface area contributed by atoms with E-state index in [4.69, 9.17) is 40.5 Å². The summed E-state index contributed by atoms with van der Waals surface area (Å²) < 4.78 is 27.2. The van der Waals surface area contributed by atoms with Crippen LogP contribution in [0.1, 0.15) is 67.6 Å². The molecule has 0 spiro atoms. The number of nitro groups is 1. The van der Waals surface area contributed by atoms with E-state index in [1.54, 1.807) is 34.9 Å². The second-order valence-electron chi connectivity index (χ2n) is 17.8. The summed E-state index contributed by atoms with van der Waals surface area (Å²) in [6.07, 6.45) is 9.77. The van der Waals surface area contributed by atoms with Crippen LogP contribution in [0.15, 0.2) is 144 Å². The number of non-ortho nitro benzene ring substituents is 1. The first-order valence-corrected chi connectivity index (χ1v) is 25.7. The van der Waals surface area contributed by atoms with Crippen molar-refractivity contribution in [2.75, 3.05) is 38.6 Å². The van der Waals surface area contributed by atoms with Crippen LogP contribution in [0.5, 0.6) is 17.2 Å². The number of thioether (sulfide) groups is 1. The third-order valence-corrected chi connectivity index (χ3v) is 14.5. The number of unbranched alkanes of at least 4 members (excludes halogenated alkanes) is 2. The molecule has 0 radical (unpaired) electrons. The molecule has 2 aliphatic carbocycles. The van der Waals surface area contributed by atoms with Crippen LogP contribution in [0.2, 0.25) is 0 Å². The van der Waals surface area contributed by atoms with Gasteiger partial charge in [-0.3, -0.25) is 15.0 Å². The number of ether oxygens (including phenoxy) is 4. The summed E-state index contributed by atoms with van der Waals surface area (Å²) in [6.45, 7) is 4.35. The van der Waals surface area contributed by atoms with E-state index < -0.39 is 28.8 Å². The van der Waals surface area contributed by atoms with E-state index in [9.17, 15) is 25.1 Å². The highest BCUT2D eigenvalue weighted by atomic mass is 35.5. The Labute approximate surface area is 418 Å². The Balaban J connectivity index is 1.34. The van der Waals surface area contributed by atoms with Gasteiger partial charge in [0.15, 0.2) is 0 Å². The molecule has 6 atom stereocenters. The van der Waals surface area contributed by atoms with Gasteiger partial charge in [0.05, 0.1) is 35.6 Å². The maximum absolute atomic E-state index is 14.9. The monoisotopic (exact) mass is 989 g/mol. The molecule has 15 heteroatoms. The van der Waals surface area contributed by atoms with E-state index in [-0.39, 0.29) is 75.3 Å². The van der Waals surface area contributed by atoms with Gasteiger partial charge in [-0.2, -0.15) is 0 Å². The summed E-state index contributed by atoms with van der Waals surface area (Å²) >= 11 is 7.84. The molecule has 5 aromatic carbocycles. The third kappa shape index (κ3) is 11.2. The second-order valence-corrected chi connectivity index (χ2v) is 19.1. The fraction of sp³-hybridized carbons (Fsp3) is 0.382. The summed E-state index contributed by atoms with van der Waals surface area (Å²) in [6, 6.07) is 33.1. The minimum Gasteiger partial charge on any atom is -0.459 e. The zero-order chi connectivity index (χ0) is 49.0. The SMILES string of the molecule is C=CCO[C@@]12Oc3ccc(Oc4ccc(SC)cc4)cc3[C@H]3[C@H](CCCCO)[C@@H](CCCCO)C=C(C(=NOCc4ccc([N+](=O)[O-])cc4)C[C@@H]1N(Cc1cccc4ccccc14)C(=O)OCCCl)[C@H]32. The van der Waals surface area contributed by atoms with Crippen LogP contribution in [0.4, 0.5) is 10.5 Å². The van der Waals surface area contributed by atoms with Crippen molar-refractivity contribution in [3.05, 3.63) is 160 Å². The van der Waals surface area contributed by atoms with Gasteiger partial charge in [0.2, 0.25) is 5.79 Å². The maximum atomic E-state index is 14.9. The Bertz CT molecular complexity index is 2660. The molecule has 5 aromatic rings. The number of aliphatic hydroxyl groups excluding tert-OH is 2. The maximum Gasteiger partial charge on any atom is 0.410 e. The molecule has 0 saturated heterocycles. The molecule has 70 heavy (non-hydrogen) atoms. The zero-order valence-electron chi connectivity index (χ0n) is 39.3. The molecular formula is C55H60ClN3O10S. The first-order valence-electron chi connectivity index (χ1n) is 23.9. The van der Waals surface area contributed by atoms with E-state index in [2.05, 4.69) is 18.7 Å². The summed E-state index contributed by atoms with van der Waals surface area (Å²) in [5.41, 5.74) is 3.87. The van der Waals surface area contributed by atoms with Gasteiger partial charge in [-0.15, -0.1) is 29.9 Å². The Morgan fingerprint density at radius 1 is 0.971 bits per heavy atom. The molecule has 0 unspecified atom stereocenters. The van der Waals surface area contributed by atoms with Crippen molar-refractivity contribution in [3.63, 3.8) is 0 Å². The fourth-order valence-electron chi connectivity index (χ4n) is 10.5. The number of nitro benzene ring substituents is 1. The highest BCUT2D eigenvalue weighted by molar-refractivity contribution is 7.98. The van der Waals surface area contributed by atoms with Crippen molar-refractivity contribution in [2.45, 2.75) is 80.7 Å². The Hall–Kier alpha value is -5.90. The topological polar surface area (TPSA) is 162 Å². The van der Waals surface area contributed by atoms with Crippen LogP contribution in [0.3, 0.4) is 0 Å². The number of halogens is 1. The van der Waals surface area contributed by atoms with Crippen LogP contribution >= 0.6 is 23.4 Å². The number of hydrogen-bond donors (Lipinski definition) is 2. The number of rotatable bonds is 23. The molecule has 1 amide bonds. The van der Waals surface area contributed by atoms with Gasteiger partial charge in [-0.1, -0.05) is 72.6 Å². The molecule has 2 N–H and O–H groups in total. The van der Waals surface area contributed by atoms with Crippen LogP contribution in [0, 0.1) is 27.9 Å². The average molecular weight is 991 g/mol. The molecule has 0 bridgehead atoms. The van der Waals surface area contributed by atoms with Crippen molar-refractivity contribution in [1.82, 2.24) is 4.90 Å². The number of fused-ring (bicyclic) bond motifs is 3. The largest absolute Gasteiger partial charge is 0.459 e. The van der Waals surface area contributed by atoms with Crippen LogP contribution in [-0.2, 0) is 27.5 Å². The Kier molecular flexibility index (Phi) is 17.2. The minimum absolute atomic E-state index is 0.00916. The summed E-state index contributed by atoms with van der Waals surface area (Å²) in [4.78, 5) is 35.0. The predicted molar refractivity (Wildman–Crippen MR) is 273 cm³/mol. The fourth-order valence-corrected chi connectivity index (χ4v) is 11.0. The van der Waals surface area contributed by atoms with Gasteiger partial charge >= 0.3 is 6.09 Å². The lowest BCUT2D eigenvalue weighted by molar-refractivity contribution is -0.384. The summed E-state index contributed by atoms with van der Waals surface area (Å²) in [5.74, 6) is -0.532. The average Bonchev–Trinajstić information content (AvgIpc) is 3.38. The number of carbonyl (C=O) groups excluding carboxylic acids is 1. The molecule has 1 fully saturated rings. The molecular weight excluding hydrogens is 930 g/mol. The van der Waals surface area contributed by atoms with Crippen LogP contribution < -0.4 is 9.47 Å². The third-order valence-electron chi connectivity index (χ3n) is 13.6. The Morgan fingerprint density at radius 2 is 1.71 bits per heavy atom. The molecule has 1 saturated carbocycles. The predicted octanol–water partition coefficient (Wildman–Crippen LogP) is 12.0. The number of oxime groups is 1. The highest BCUT2D eigenvalue weighted by Crippen LogP contribution is 2.62. The molecule has 3 aliphatic rings. The van der Waals surface area contributed by atoms with E-state index in [1.807, 2.05) is 85.1 Å². The first kappa shape index (κ1) is 50.5. The molecule has 368 valence electrons. The number of allylic oxidation sites excluding steroid dienone is 1. The highest BCUT2D eigenvalue weighted by Gasteiger charge is 2.65. The van der Waals surface area contributed by atoms with Crippen LogP contribution in [0.25, 0.3) is 10.8 Å². The molecule has 8 rings (SSSR count). The smallest absolute Gasteiger partial charge is 0.410 e.